The molecular weight excluding hydrogens is 400 g/mol. The number of thiocarbonyl (C=S) groups is 1. The molecule has 2 aromatic carbocycles. The number of benzene rings is 2. The van der Waals surface area contributed by atoms with Crippen molar-refractivity contribution in [2.24, 2.45) is 0 Å². The summed E-state index contributed by atoms with van der Waals surface area (Å²) in [5.74, 6) is -0.252. The molecule has 158 valence electrons. The Labute approximate surface area is 182 Å². The first-order valence-electron chi connectivity index (χ1n) is 9.71. The average molecular weight is 427 g/mol. The van der Waals surface area contributed by atoms with Crippen LogP contribution in [0, 0.1) is 0 Å². The van der Waals surface area contributed by atoms with E-state index in [2.05, 4.69) is 26.1 Å². The Morgan fingerprint density at radius 1 is 1.00 bits per heavy atom. The molecule has 3 rings (SSSR count). The van der Waals surface area contributed by atoms with Crippen LogP contribution in [-0.2, 0) is 15.1 Å². The van der Waals surface area contributed by atoms with Crippen molar-refractivity contribution >= 4 is 35.0 Å². The lowest BCUT2D eigenvalue weighted by Gasteiger charge is -2.53. The van der Waals surface area contributed by atoms with E-state index in [1.807, 2.05) is 41.3 Å². The number of hydrogen-bond acceptors (Lipinski definition) is 5. The summed E-state index contributed by atoms with van der Waals surface area (Å²) in [4.78, 5) is 25.3. The molecule has 2 aromatic rings. The highest BCUT2D eigenvalue weighted by Gasteiger charge is 2.47. The van der Waals surface area contributed by atoms with Crippen molar-refractivity contribution in [2.75, 3.05) is 4.90 Å². The summed E-state index contributed by atoms with van der Waals surface area (Å²) in [5.41, 5.74) is 0.770. The smallest absolute Gasteiger partial charge is 0.308 e. The van der Waals surface area contributed by atoms with Crippen LogP contribution in [0.5, 0.6) is 11.5 Å². The van der Waals surface area contributed by atoms with Crippen LogP contribution in [0.3, 0.4) is 0 Å². The maximum Gasteiger partial charge on any atom is 0.308 e. The maximum absolute atomic E-state index is 11.8. The largest absolute Gasteiger partial charge is 0.427 e. The lowest BCUT2D eigenvalue weighted by molar-refractivity contribution is -0.132. The first kappa shape index (κ1) is 21.8. The van der Waals surface area contributed by atoms with E-state index in [0.29, 0.717) is 23.0 Å². The van der Waals surface area contributed by atoms with Crippen LogP contribution in [0.25, 0.3) is 0 Å². The second kappa shape index (κ2) is 8.07. The van der Waals surface area contributed by atoms with Crippen molar-refractivity contribution in [1.82, 2.24) is 5.32 Å². The van der Waals surface area contributed by atoms with Gasteiger partial charge in [-0.2, -0.15) is 0 Å². The quantitative estimate of drug-likeness (QED) is 0.444. The predicted molar refractivity (Wildman–Crippen MR) is 120 cm³/mol. The number of carbonyl (C=O) groups excluding carboxylic acids is 2. The van der Waals surface area contributed by atoms with E-state index >= 15 is 0 Å². The zero-order chi connectivity index (χ0) is 22.1. The Hall–Kier alpha value is -2.93. The maximum atomic E-state index is 11.8. The zero-order valence-electron chi connectivity index (χ0n) is 17.8. The zero-order valence-corrected chi connectivity index (χ0v) is 18.6. The molecule has 30 heavy (non-hydrogen) atoms. The molecule has 1 aliphatic rings. The normalized spacial score (nSPS) is 20.3. The molecule has 1 unspecified atom stereocenters. The van der Waals surface area contributed by atoms with Gasteiger partial charge in [-0.1, -0.05) is 18.2 Å². The molecule has 0 aliphatic carbocycles. The van der Waals surface area contributed by atoms with Crippen molar-refractivity contribution in [3.8, 4) is 11.5 Å². The standard InChI is InChI=1S/C23H26N2O4S/c1-15(26)28-18-11-12-19(20(13-18)29-16(2)27)23(5)14-22(3,4)24-21(30)25(23)17-9-7-6-8-10-17/h6-13H,14H2,1-5H3,(H,24,30). The highest BCUT2D eigenvalue weighted by molar-refractivity contribution is 7.80. The van der Waals surface area contributed by atoms with E-state index in [9.17, 15) is 9.59 Å². The van der Waals surface area contributed by atoms with Crippen LogP contribution < -0.4 is 19.7 Å². The van der Waals surface area contributed by atoms with Crippen molar-refractivity contribution in [1.29, 1.82) is 0 Å². The lowest BCUT2D eigenvalue weighted by Crippen LogP contribution is -2.65. The van der Waals surface area contributed by atoms with E-state index in [0.717, 1.165) is 11.3 Å². The van der Waals surface area contributed by atoms with Gasteiger partial charge in [0.2, 0.25) is 0 Å². The number of ether oxygens (including phenoxy) is 2. The predicted octanol–water partition coefficient (Wildman–Crippen LogP) is 4.32. The van der Waals surface area contributed by atoms with Crippen LogP contribution >= 0.6 is 12.2 Å². The van der Waals surface area contributed by atoms with Crippen molar-refractivity contribution in [3.63, 3.8) is 0 Å². The Kier molecular flexibility index (Phi) is 5.85. The Balaban J connectivity index is 2.20. The van der Waals surface area contributed by atoms with Crippen LogP contribution in [0.15, 0.2) is 48.5 Å². The van der Waals surface area contributed by atoms with Gasteiger partial charge in [0.25, 0.3) is 0 Å². The molecule has 7 heteroatoms. The molecule has 1 fully saturated rings. The van der Waals surface area contributed by atoms with Gasteiger partial charge in [0, 0.05) is 36.7 Å². The number of carbonyl (C=O) groups is 2. The van der Waals surface area contributed by atoms with E-state index in [1.54, 1.807) is 12.1 Å². The molecule has 0 spiro atoms. The van der Waals surface area contributed by atoms with E-state index in [1.165, 1.54) is 13.8 Å². The van der Waals surface area contributed by atoms with E-state index < -0.39 is 17.5 Å². The first-order chi connectivity index (χ1) is 14.0. The molecule has 0 saturated carbocycles. The SMILES string of the molecule is CC(=O)Oc1ccc(C2(C)CC(C)(C)NC(=S)N2c2ccccc2)c(OC(C)=O)c1. The van der Waals surface area contributed by atoms with Gasteiger partial charge in [0.05, 0.1) is 5.54 Å². The van der Waals surface area contributed by atoms with Gasteiger partial charge in [-0.25, -0.2) is 0 Å². The monoisotopic (exact) mass is 426 g/mol. The topological polar surface area (TPSA) is 67.9 Å². The molecular formula is C23H26N2O4S. The fraction of sp³-hybridized carbons (Fsp3) is 0.348. The Morgan fingerprint density at radius 2 is 1.63 bits per heavy atom. The summed E-state index contributed by atoms with van der Waals surface area (Å²) in [6.45, 7) is 8.90. The van der Waals surface area contributed by atoms with Crippen LogP contribution in [-0.4, -0.2) is 22.6 Å². The van der Waals surface area contributed by atoms with Crippen molar-refractivity contribution in [3.05, 3.63) is 54.1 Å². The number of esters is 2. The number of rotatable bonds is 4. The fourth-order valence-corrected chi connectivity index (χ4v) is 4.75. The lowest BCUT2D eigenvalue weighted by atomic mass is 9.76. The highest BCUT2D eigenvalue weighted by atomic mass is 32.1. The molecule has 1 saturated heterocycles. The van der Waals surface area contributed by atoms with Gasteiger partial charge in [0.1, 0.15) is 11.5 Å². The second-order valence-electron chi connectivity index (χ2n) is 8.28. The second-order valence-corrected chi connectivity index (χ2v) is 8.67. The summed E-state index contributed by atoms with van der Waals surface area (Å²) < 4.78 is 10.8. The molecule has 1 N–H and O–H groups in total. The van der Waals surface area contributed by atoms with E-state index in [-0.39, 0.29) is 5.54 Å². The summed E-state index contributed by atoms with van der Waals surface area (Å²) in [5, 5.41) is 3.99. The van der Waals surface area contributed by atoms with Gasteiger partial charge in [-0.05, 0) is 63.7 Å². The molecule has 1 heterocycles. The molecule has 1 aliphatic heterocycles. The minimum atomic E-state index is -0.632. The molecule has 6 nitrogen and oxygen atoms in total. The van der Waals surface area contributed by atoms with Crippen molar-refractivity contribution in [2.45, 2.75) is 52.1 Å². The van der Waals surface area contributed by atoms with Gasteiger partial charge in [-0.3, -0.25) is 9.59 Å². The Bertz CT molecular complexity index is 990. The third-order valence-electron chi connectivity index (χ3n) is 4.99. The minimum Gasteiger partial charge on any atom is -0.427 e. The van der Waals surface area contributed by atoms with Crippen LogP contribution in [0.2, 0.25) is 0 Å². The van der Waals surface area contributed by atoms with Crippen molar-refractivity contribution < 1.29 is 19.1 Å². The summed E-state index contributed by atoms with van der Waals surface area (Å²) in [6, 6.07) is 14.9. The molecule has 0 amide bonds. The first-order valence-corrected chi connectivity index (χ1v) is 10.1. The van der Waals surface area contributed by atoms with Crippen LogP contribution in [0.4, 0.5) is 5.69 Å². The number of nitrogens with zero attached hydrogens (tertiary/aromatic N) is 1. The molecule has 0 bridgehead atoms. The third-order valence-corrected chi connectivity index (χ3v) is 5.28. The van der Waals surface area contributed by atoms with Crippen LogP contribution in [0.1, 0.15) is 46.6 Å². The number of hydrogen-bond donors (Lipinski definition) is 1. The number of para-hydroxylation sites is 1. The van der Waals surface area contributed by atoms with E-state index in [4.69, 9.17) is 21.7 Å². The molecule has 1 atom stereocenters. The fourth-order valence-electron chi connectivity index (χ4n) is 4.16. The summed E-state index contributed by atoms with van der Waals surface area (Å²) in [6.07, 6.45) is 0.677. The minimum absolute atomic E-state index is 0.292. The molecule has 0 aromatic heterocycles. The summed E-state index contributed by atoms with van der Waals surface area (Å²) in [7, 11) is 0. The summed E-state index contributed by atoms with van der Waals surface area (Å²) >= 11 is 5.76. The third kappa shape index (κ3) is 4.46. The highest BCUT2D eigenvalue weighted by Crippen LogP contribution is 2.46. The number of anilines is 1. The number of nitrogens with one attached hydrogen (secondary N) is 1. The van der Waals surface area contributed by atoms with Gasteiger partial charge in [0.15, 0.2) is 5.11 Å². The molecule has 0 radical (unpaired) electrons. The van der Waals surface area contributed by atoms with Gasteiger partial charge < -0.3 is 19.7 Å². The van der Waals surface area contributed by atoms with Gasteiger partial charge >= 0.3 is 11.9 Å². The van der Waals surface area contributed by atoms with Gasteiger partial charge in [-0.15, -0.1) is 0 Å². The Morgan fingerprint density at radius 3 is 2.23 bits per heavy atom. The average Bonchev–Trinajstić information content (AvgIpc) is 2.60.